The maximum atomic E-state index is 12.2. The van der Waals surface area contributed by atoms with Crippen LogP contribution in [0.4, 0.5) is 5.69 Å². The van der Waals surface area contributed by atoms with Gasteiger partial charge in [-0.3, -0.25) is 14.5 Å². The molecule has 0 radical (unpaired) electrons. The van der Waals surface area contributed by atoms with E-state index in [-0.39, 0.29) is 11.8 Å². The number of nitrogens with zero attached hydrogens (tertiary/aromatic N) is 1. The predicted molar refractivity (Wildman–Crippen MR) is 85.6 cm³/mol. The van der Waals surface area contributed by atoms with Gasteiger partial charge in [-0.2, -0.15) is 0 Å². The van der Waals surface area contributed by atoms with Crippen molar-refractivity contribution in [1.82, 2.24) is 4.90 Å². The molecular weight excluding hydrogens is 276 g/mol. The van der Waals surface area contributed by atoms with E-state index in [9.17, 15) is 9.59 Å². The third kappa shape index (κ3) is 2.63. The molecule has 0 saturated carbocycles. The lowest BCUT2D eigenvalue weighted by atomic mass is 10.1. The molecule has 4 heteroatoms. The molecule has 0 atom stereocenters. The van der Waals surface area contributed by atoms with Crippen LogP contribution >= 0.6 is 0 Å². The molecule has 0 aromatic heterocycles. The average molecular weight is 292 g/mol. The highest BCUT2D eigenvalue weighted by molar-refractivity contribution is 6.21. The molecule has 0 saturated heterocycles. The Labute approximate surface area is 129 Å². The van der Waals surface area contributed by atoms with Crippen LogP contribution in [0.5, 0.6) is 0 Å². The first-order valence-corrected chi connectivity index (χ1v) is 7.12. The molecule has 2 amide bonds. The van der Waals surface area contributed by atoms with Gasteiger partial charge in [0.1, 0.15) is 0 Å². The van der Waals surface area contributed by atoms with Crippen molar-refractivity contribution in [2.75, 3.05) is 11.9 Å². The van der Waals surface area contributed by atoms with Gasteiger partial charge in [0.25, 0.3) is 11.8 Å². The highest BCUT2D eigenvalue weighted by Crippen LogP contribution is 2.23. The maximum absolute atomic E-state index is 12.2. The Kier molecular flexibility index (Phi) is 3.74. The fourth-order valence-corrected chi connectivity index (χ4v) is 2.48. The second kappa shape index (κ2) is 5.85. The fourth-order valence-electron chi connectivity index (χ4n) is 2.48. The minimum absolute atomic E-state index is 0.229. The van der Waals surface area contributed by atoms with Crippen LogP contribution in [0.3, 0.4) is 0 Å². The Morgan fingerprint density at radius 3 is 2.05 bits per heavy atom. The summed E-state index contributed by atoms with van der Waals surface area (Å²) in [4.78, 5) is 25.7. The van der Waals surface area contributed by atoms with Crippen molar-refractivity contribution in [3.63, 3.8) is 0 Å². The Hall–Kier alpha value is -2.88. The molecule has 0 spiro atoms. The molecule has 110 valence electrons. The number of carbonyl (C=O) groups is 2. The normalized spacial score (nSPS) is 13.2. The van der Waals surface area contributed by atoms with Crippen molar-refractivity contribution in [2.24, 2.45) is 0 Å². The SMILES string of the molecule is C=C(CCN1C(=O)c2ccccc2C1=O)Nc1ccccc1. The van der Waals surface area contributed by atoms with Gasteiger partial charge in [0, 0.05) is 24.4 Å². The Morgan fingerprint density at radius 1 is 0.909 bits per heavy atom. The highest BCUT2D eigenvalue weighted by atomic mass is 16.2. The molecule has 2 aromatic carbocycles. The van der Waals surface area contributed by atoms with Crippen molar-refractivity contribution in [3.05, 3.63) is 78.0 Å². The molecule has 1 aliphatic heterocycles. The van der Waals surface area contributed by atoms with Crippen molar-refractivity contribution < 1.29 is 9.59 Å². The maximum Gasteiger partial charge on any atom is 0.261 e. The van der Waals surface area contributed by atoms with Crippen LogP contribution in [0.2, 0.25) is 0 Å². The zero-order valence-corrected chi connectivity index (χ0v) is 12.1. The molecular formula is C18H16N2O2. The summed E-state index contributed by atoms with van der Waals surface area (Å²) in [6, 6.07) is 16.6. The molecule has 0 fully saturated rings. The minimum Gasteiger partial charge on any atom is -0.359 e. The van der Waals surface area contributed by atoms with Gasteiger partial charge in [0.05, 0.1) is 11.1 Å². The van der Waals surface area contributed by atoms with Gasteiger partial charge in [-0.25, -0.2) is 0 Å². The van der Waals surface area contributed by atoms with E-state index < -0.39 is 0 Å². The lowest BCUT2D eigenvalue weighted by Gasteiger charge is -2.15. The second-order valence-electron chi connectivity index (χ2n) is 5.15. The first-order valence-electron chi connectivity index (χ1n) is 7.12. The topological polar surface area (TPSA) is 49.4 Å². The Morgan fingerprint density at radius 2 is 1.45 bits per heavy atom. The largest absolute Gasteiger partial charge is 0.359 e. The number of rotatable bonds is 5. The third-order valence-electron chi connectivity index (χ3n) is 3.61. The summed E-state index contributed by atoms with van der Waals surface area (Å²) in [7, 11) is 0. The van der Waals surface area contributed by atoms with E-state index >= 15 is 0 Å². The Bertz CT molecular complexity index is 703. The molecule has 1 aliphatic rings. The number of fused-ring (bicyclic) bond motifs is 1. The lowest BCUT2D eigenvalue weighted by Crippen LogP contribution is -2.31. The Balaban J connectivity index is 1.62. The molecule has 0 aliphatic carbocycles. The first kappa shape index (κ1) is 14.1. The number of benzene rings is 2. The predicted octanol–water partition coefficient (Wildman–Crippen LogP) is 3.30. The van der Waals surface area contributed by atoms with Crippen molar-refractivity contribution in [1.29, 1.82) is 0 Å². The van der Waals surface area contributed by atoms with Gasteiger partial charge in [-0.05, 0) is 24.3 Å². The van der Waals surface area contributed by atoms with E-state index in [1.54, 1.807) is 24.3 Å². The summed E-state index contributed by atoms with van der Waals surface area (Å²) in [6.07, 6.45) is 0.514. The number of hydrogen-bond donors (Lipinski definition) is 1. The molecule has 4 nitrogen and oxygen atoms in total. The molecule has 22 heavy (non-hydrogen) atoms. The van der Waals surface area contributed by atoms with E-state index in [4.69, 9.17) is 0 Å². The summed E-state index contributed by atoms with van der Waals surface area (Å²) >= 11 is 0. The van der Waals surface area contributed by atoms with E-state index in [1.165, 1.54) is 4.90 Å². The van der Waals surface area contributed by atoms with Gasteiger partial charge < -0.3 is 5.32 Å². The number of nitrogens with one attached hydrogen (secondary N) is 1. The number of carbonyl (C=O) groups excluding carboxylic acids is 2. The van der Waals surface area contributed by atoms with Crippen LogP contribution < -0.4 is 5.32 Å². The van der Waals surface area contributed by atoms with Gasteiger partial charge in [-0.1, -0.05) is 36.9 Å². The summed E-state index contributed by atoms with van der Waals surface area (Å²) in [5.41, 5.74) is 2.67. The molecule has 1 heterocycles. The summed E-state index contributed by atoms with van der Waals surface area (Å²) in [5.74, 6) is -0.457. The number of anilines is 1. The van der Waals surface area contributed by atoms with Crippen molar-refractivity contribution in [2.45, 2.75) is 6.42 Å². The zero-order valence-electron chi connectivity index (χ0n) is 12.1. The van der Waals surface area contributed by atoms with Crippen LogP contribution in [0.1, 0.15) is 27.1 Å². The number of imide groups is 1. The second-order valence-corrected chi connectivity index (χ2v) is 5.15. The smallest absolute Gasteiger partial charge is 0.261 e. The minimum atomic E-state index is -0.229. The standard InChI is InChI=1S/C18H16N2O2/c1-13(19-14-7-3-2-4-8-14)11-12-20-17(21)15-9-5-6-10-16(15)18(20)22/h2-10,19H,1,11-12H2. The van der Waals surface area contributed by atoms with E-state index in [1.807, 2.05) is 30.3 Å². The van der Waals surface area contributed by atoms with Gasteiger partial charge in [-0.15, -0.1) is 0 Å². The van der Waals surface area contributed by atoms with Crippen LogP contribution in [0, 0.1) is 0 Å². The number of para-hydroxylation sites is 1. The number of hydrogen-bond acceptors (Lipinski definition) is 3. The van der Waals surface area contributed by atoms with Crippen LogP contribution in [-0.2, 0) is 0 Å². The first-order chi connectivity index (χ1) is 10.7. The average Bonchev–Trinajstić information content (AvgIpc) is 2.78. The molecule has 2 aromatic rings. The summed E-state index contributed by atoms with van der Waals surface area (Å²) < 4.78 is 0. The lowest BCUT2D eigenvalue weighted by molar-refractivity contribution is 0.0656. The van der Waals surface area contributed by atoms with Crippen LogP contribution in [-0.4, -0.2) is 23.3 Å². The van der Waals surface area contributed by atoms with Gasteiger partial charge >= 0.3 is 0 Å². The van der Waals surface area contributed by atoms with Crippen molar-refractivity contribution >= 4 is 17.5 Å². The summed E-state index contributed by atoms with van der Waals surface area (Å²) in [5, 5.41) is 3.17. The summed E-state index contributed by atoms with van der Waals surface area (Å²) in [6.45, 7) is 4.27. The highest BCUT2D eigenvalue weighted by Gasteiger charge is 2.34. The van der Waals surface area contributed by atoms with Crippen LogP contribution in [0.25, 0.3) is 0 Å². The van der Waals surface area contributed by atoms with Gasteiger partial charge in [0.15, 0.2) is 0 Å². The van der Waals surface area contributed by atoms with E-state index in [0.717, 1.165) is 11.4 Å². The zero-order chi connectivity index (χ0) is 15.5. The van der Waals surface area contributed by atoms with Crippen LogP contribution in [0.15, 0.2) is 66.9 Å². The number of amides is 2. The van der Waals surface area contributed by atoms with Crippen molar-refractivity contribution in [3.8, 4) is 0 Å². The molecule has 0 bridgehead atoms. The molecule has 0 unspecified atom stereocenters. The monoisotopic (exact) mass is 292 g/mol. The third-order valence-corrected chi connectivity index (χ3v) is 3.61. The van der Waals surface area contributed by atoms with E-state index in [0.29, 0.717) is 24.1 Å². The van der Waals surface area contributed by atoms with Gasteiger partial charge in [0.2, 0.25) is 0 Å². The fraction of sp³-hybridized carbons (Fsp3) is 0.111. The van der Waals surface area contributed by atoms with E-state index in [2.05, 4.69) is 11.9 Å². The molecule has 1 N–H and O–H groups in total. The molecule has 3 rings (SSSR count). The quantitative estimate of drug-likeness (QED) is 0.860.